The van der Waals surface area contributed by atoms with Crippen LogP contribution in [-0.4, -0.2) is 23.1 Å². The Balaban J connectivity index is 1.99. The van der Waals surface area contributed by atoms with Gasteiger partial charge in [-0.3, -0.25) is 0 Å². The Bertz CT molecular complexity index is 390. The standard InChI is InChI=1S/C12H19FN4/c1-2-9-10(13)11(17-8-16-9)15-7-12(3-4-12)5-6-14/h8H,2-7,14H2,1H3,(H,15,16,17). The van der Waals surface area contributed by atoms with Gasteiger partial charge in [0.15, 0.2) is 11.6 Å². The van der Waals surface area contributed by atoms with Crippen molar-refractivity contribution in [3.63, 3.8) is 0 Å². The third kappa shape index (κ3) is 2.72. The molecule has 0 atom stereocenters. The maximum Gasteiger partial charge on any atom is 0.186 e. The van der Waals surface area contributed by atoms with E-state index in [1.807, 2.05) is 6.92 Å². The van der Waals surface area contributed by atoms with Gasteiger partial charge in [-0.25, -0.2) is 14.4 Å². The Morgan fingerprint density at radius 1 is 1.47 bits per heavy atom. The summed E-state index contributed by atoms with van der Waals surface area (Å²) in [5.41, 5.74) is 6.31. The lowest BCUT2D eigenvalue weighted by Gasteiger charge is -2.15. The first kappa shape index (κ1) is 12.2. The van der Waals surface area contributed by atoms with Crippen molar-refractivity contribution in [1.29, 1.82) is 0 Å². The monoisotopic (exact) mass is 238 g/mol. The summed E-state index contributed by atoms with van der Waals surface area (Å²) in [7, 11) is 0. The molecule has 0 aliphatic heterocycles. The van der Waals surface area contributed by atoms with Crippen molar-refractivity contribution in [2.75, 3.05) is 18.4 Å². The average Bonchev–Trinajstić information content (AvgIpc) is 3.09. The maximum absolute atomic E-state index is 13.8. The molecule has 1 fully saturated rings. The number of hydrogen-bond acceptors (Lipinski definition) is 4. The van der Waals surface area contributed by atoms with E-state index >= 15 is 0 Å². The highest BCUT2D eigenvalue weighted by atomic mass is 19.1. The van der Waals surface area contributed by atoms with Gasteiger partial charge in [0.1, 0.15) is 6.33 Å². The first-order valence-corrected chi connectivity index (χ1v) is 6.14. The third-order valence-corrected chi connectivity index (χ3v) is 3.46. The van der Waals surface area contributed by atoms with Gasteiger partial charge in [-0.2, -0.15) is 0 Å². The van der Waals surface area contributed by atoms with Crippen LogP contribution in [0.4, 0.5) is 10.2 Å². The second kappa shape index (κ2) is 4.96. The van der Waals surface area contributed by atoms with Crippen molar-refractivity contribution in [2.24, 2.45) is 11.1 Å². The predicted molar refractivity (Wildman–Crippen MR) is 65.2 cm³/mol. The molecule has 94 valence electrons. The van der Waals surface area contributed by atoms with E-state index in [2.05, 4.69) is 15.3 Å². The topological polar surface area (TPSA) is 63.8 Å². The molecule has 5 heteroatoms. The van der Waals surface area contributed by atoms with E-state index in [9.17, 15) is 4.39 Å². The van der Waals surface area contributed by atoms with Crippen molar-refractivity contribution in [3.8, 4) is 0 Å². The van der Waals surface area contributed by atoms with E-state index in [4.69, 9.17) is 5.73 Å². The molecular weight excluding hydrogens is 219 g/mol. The van der Waals surface area contributed by atoms with Gasteiger partial charge in [0, 0.05) is 6.54 Å². The molecule has 0 amide bonds. The van der Waals surface area contributed by atoms with Gasteiger partial charge in [-0.05, 0) is 37.6 Å². The minimum absolute atomic E-state index is 0.276. The Labute approximate surface area is 101 Å². The van der Waals surface area contributed by atoms with E-state index in [1.165, 1.54) is 19.2 Å². The zero-order valence-corrected chi connectivity index (χ0v) is 10.2. The van der Waals surface area contributed by atoms with Crippen LogP contribution in [0.2, 0.25) is 0 Å². The molecular formula is C12H19FN4. The van der Waals surface area contributed by atoms with E-state index in [0.29, 0.717) is 24.5 Å². The van der Waals surface area contributed by atoms with Gasteiger partial charge in [-0.1, -0.05) is 6.92 Å². The van der Waals surface area contributed by atoms with Crippen LogP contribution >= 0.6 is 0 Å². The fourth-order valence-electron chi connectivity index (χ4n) is 2.05. The van der Waals surface area contributed by atoms with Crippen LogP contribution < -0.4 is 11.1 Å². The summed E-state index contributed by atoms with van der Waals surface area (Å²) in [6, 6.07) is 0. The molecule has 0 aromatic carbocycles. The number of anilines is 1. The lowest BCUT2D eigenvalue weighted by molar-refractivity contribution is 0.497. The number of nitrogens with one attached hydrogen (secondary N) is 1. The van der Waals surface area contributed by atoms with E-state index in [-0.39, 0.29) is 11.2 Å². The van der Waals surface area contributed by atoms with Crippen molar-refractivity contribution in [1.82, 2.24) is 9.97 Å². The molecule has 1 heterocycles. The molecule has 0 spiro atoms. The van der Waals surface area contributed by atoms with Crippen molar-refractivity contribution >= 4 is 5.82 Å². The summed E-state index contributed by atoms with van der Waals surface area (Å²) in [6.45, 7) is 3.32. The summed E-state index contributed by atoms with van der Waals surface area (Å²) in [4.78, 5) is 7.86. The zero-order valence-electron chi connectivity index (χ0n) is 10.2. The molecule has 0 unspecified atom stereocenters. The Kier molecular flexibility index (Phi) is 3.57. The SMILES string of the molecule is CCc1ncnc(NCC2(CCN)CC2)c1F. The van der Waals surface area contributed by atoms with Gasteiger partial charge in [-0.15, -0.1) is 0 Å². The number of aryl methyl sites for hydroxylation is 1. The summed E-state index contributed by atoms with van der Waals surface area (Å²) in [5.74, 6) is -0.00121. The molecule has 2 rings (SSSR count). The second-order valence-corrected chi connectivity index (χ2v) is 4.73. The minimum atomic E-state index is -0.321. The number of nitrogens with zero attached hydrogens (tertiary/aromatic N) is 2. The first-order valence-electron chi connectivity index (χ1n) is 6.14. The predicted octanol–water partition coefficient (Wildman–Crippen LogP) is 1.72. The van der Waals surface area contributed by atoms with E-state index < -0.39 is 0 Å². The quantitative estimate of drug-likeness (QED) is 0.792. The Morgan fingerprint density at radius 3 is 2.82 bits per heavy atom. The second-order valence-electron chi connectivity index (χ2n) is 4.73. The van der Waals surface area contributed by atoms with E-state index in [1.54, 1.807) is 0 Å². The van der Waals surface area contributed by atoms with Gasteiger partial charge in [0.25, 0.3) is 0 Å². The smallest absolute Gasteiger partial charge is 0.186 e. The van der Waals surface area contributed by atoms with Crippen molar-refractivity contribution in [3.05, 3.63) is 17.8 Å². The van der Waals surface area contributed by atoms with Crippen molar-refractivity contribution < 1.29 is 4.39 Å². The van der Waals surface area contributed by atoms with Crippen LogP contribution in [0, 0.1) is 11.2 Å². The Morgan fingerprint density at radius 2 is 2.24 bits per heavy atom. The number of rotatable bonds is 6. The molecule has 1 saturated carbocycles. The molecule has 4 nitrogen and oxygen atoms in total. The lowest BCUT2D eigenvalue weighted by Crippen LogP contribution is -2.20. The van der Waals surface area contributed by atoms with Crippen LogP contribution in [-0.2, 0) is 6.42 Å². The fraction of sp³-hybridized carbons (Fsp3) is 0.667. The highest BCUT2D eigenvalue weighted by Gasteiger charge is 2.41. The number of aromatic nitrogens is 2. The van der Waals surface area contributed by atoms with Gasteiger partial charge < -0.3 is 11.1 Å². The molecule has 0 saturated heterocycles. The third-order valence-electron chi connectivity index (χ3n) is 3.46. The highest BCUT2D eigenvalue weighted by Crippen LogP contribution is 2.48. The molecule has 1 aromatic heterocycles. The van der Waals surface area contributed by atoms with Crippen LogP contribution in [0.25, 0.3) is 0 Å². The number of nitrogens with two attached hydrogens (primary N) is 1. The summed E-state index contributed by atoms with van der Waals surface area (Å²) in [5, 5.41) is 3.09. The largest absolute Gasteiger partial charge is 0.367 e. The highest BCUT2D eigenvalue weighted by molar-refractivity contribution is 5.37. The fourth-order valence-corrected chi connectivity index (χ4v) is 2.05. The molecule has 1 aliphatic carbocycles. The van der Waals surface area contributed by atoms with Crippen molar-refractivity contribution in [2.45, 2.75) is 32.6 Å². The van der Waals surface area contributed by atoms with Gasteiger partial charge in [0.05, 0.1) is 5.69 Å². The molecule has 1 aromatic rings. The average molecular weight is 238 g/mol. The van der Waals surface area contributed by atoms with Gasteiger partial charge in [0.2, 0.25) is 0 Å². The molecule has 1 aliphatic rings. The van der Waals surface area contributed by atoms with Crippen LogP contribution in [0.5, 0.6) is 0 Å². The molecule has 0 radical (unpaired) electrons. The molecule has 17 heavy (non-hydrogen) atoms. The van der Waals surface area contributed by atoms with Crippen LogP contribution in [0.1, 0.15) is 31.9 Å². The first-order chi connectivity index (χ1) is 8.21. The molecule has 0 bridgehead atoms. The summed E-state index contributed by atoms with van der Waals surface area (Å²) in [6.07, 6.45) is 5.33. The van der Waals surface area contributed by atoms with E-state index in [0.717, 1.165) is 13.0 Å². The summed E-state index contributed by atoms with van der Waals surface area (Å²) >= 11 is 0. The van der Waals surface area contributed by atoms with Crippen LogP contribution in [0.3, 0.4) is 0 Å². The van der Waals surface area contributed by atoms with Gasteiger partial charge >= 0.3 is 0 Å². The minimum Gasteiger partial charge on any atom is -0.367 e. The maximum atomic E-state index is 13.8. The summed E-state index contributed by atoms with van der Waals surface area (Å²) < 4.78 is 13.8. The number of halogens is 1. The normalized spacial score (nSPS) is 16.9. The molecule has 3 N–H and O–H groups in total. The number of hydrogen-bond donors (Lipinski definition) is 2. The Hall–Kier alpha value is -1.23. The zero-order chi connectivity index (χ0) is 12.3. The van der Waals surface area contributed by atoms with Crippen LogP contribution in [0.15, 0.2) is 6.33 Å². The lowest BCUT2D eigenvalue weighted by atomic mass is 10.0.